The van der Waals surface area contributed by atoms with Crippen LogP contribution in [0.25, 0.3) is 0 Å². The molecular weight excluding hydrogens is 328 g/mol. The van der Waals surface area contributed by atoms with Crippen LogP contribution in [0.2, 0.25) is 0 Å². The van der Waals surface area contributed by atoms with Crippen molar-refractivity contribution >= 4 is 0 Å². The molecule has 0 heterocycles. The molecule has 0 aromatic heterocycles. The molecular formula is C22H30O4. The summed E-state index contributed by atoms with van der Waals surface area (Å²) >= 11 is 0. The van der Waals surface area contributed by atoms with Crippen LogP contribution in [0.5, 0.6) is 17.2 Å². The van der Waals surface area contributed by atoms with Crippen LogP contribution < -0.4 is 14.2 Å². The van der Waals surface area contributed by atoms with Gasteiger partial charge in [-0.05, 0) is 42.2 Å². The van der Waals surface area contributed by atoms with Gasteiger partial charge in [-0.3, -0.25) is 0 Å². The van der Waals surface area contributed by atoms with Gasteiger partial charge in [-0.25, -0.2) is 0 Å². The van der Waals surface area contributed by atoms with Crippen LogP contribution in [0, 0.1) is 0 Å². The molecule has 0 fully saturated rings. The van der Waals surface area contributed by atoms with E-state index in [9.17, 15) is 0 Å². The zero-order valence-corrected chi connectivity index (χ0v) is 16.5. The molecule has 2 aromatic carbocycles. The van der Waals surface area contributed by atoms with Crippen LogP contribution >= 0.6 is 0 Å². The molecule has 2 rings (SSSR count). The second kappa shape index (κ2) is 10.1. The van der Waals surface area contributed by atoms with Gasteiger partial charge in [0, 0.05) is 18.1 Å². The van der Waals surface area contributed by atoms with E-state index in [0.717, 1.165) is 35.7 Å². The normalized spacial score (nSPS) is 13.1. The summed E-state index contributed by atoms with van der Waals surface area (Å²) in [6, 6.07) is 14.0. The maximum absolute atomic E-state index is 5.98. The summed E-state index contributed by atoms with van der Waals surface area (Å²) in [5, 5.41) is 0. The fraction of sp³-hybridized carbons (Fsp3) is 0.455. The SMILES string of the molecule is CCC(OCc1ccc(OC)cc1OC)Oc1ccc(C(C)CC)cc1. The summed E-state index contributed by atoms with van der Waals surface area (Å²) in [7, 11) is 3.28. The van der Waals surface area contributed by atoms with Crippen molar-refractivity contribution in [2.45, 2.75) is 52.4 Å². The van der Waals surface area contributed by atoms with Gasteiger partial charge in [0.05, 0.1) is 20.8 Å². The van der Waals surface area contributed by atoms with E-state index in [2.05, 4.69) is 26.0 Å². The molecule has 0 aliphatic carbocycles. The standard InChI is InChI=1S/C22H30O4/c1-6-16(3)17-8-11-19(12-9-17)26-22(7-2)25-15-18-10-13-20(23-4)14-21(18)24-5/h8-14,16,22H,6-7,15H2,1-5H3. The maximum Gasteiger partial charge on any atom is 0.199 e. The van der Waals surface area contributed by atoms with E-state index in [0.29, 0.717) is 12.5 Å². The summed E-state index contributed by atoms with van der Waals surface area (Å²) in [6.45, 7) is 6.89. The predicted molar refractivity (Wildman–Crippen MR) is 104 cm³/mol. The van der Waals surface area contributed by atoms with E-state index < -0.39 is 0 Å². The third-order valence-corrected chi connectivity index (χ3v) is 4.58. The molecule has 2 aromatic rings. The molecule has 0 aliphatic heterocycles. The first-order valence-electron chi connectivity index (χ1n) is 9.20. The minimum atomic E-state index is -0.309. The van der Waals surface area contributed by atoms with Gasteiger partial charge in [0.1, 0.15) is 17.2 Å². The highest BCUT2D eigenvalue weighted by Crippen LogP contribution is 2.26. The average Bonchev–Trinajstić information content (AvgIpc) is 2.70. The lowest BCUT2D eigenvalue weighted by molar-refractivity contribution is -0.0909. The Labute approximate surface area is 157 Å². The number of hydrogen-bond acceptors (Lipinski definition) is 4. The highest BCUT2D eigenvalue weighted by Gasteiger charge is 2.12. The average molecular weight is 358 g/mol. The lowest BCUT2D eigenvalue weighted by Crippen LogP contribution is -2.19. The third kappa shape index (κ3) is 5.40. The quantitative estimate of drug-likeness (QED) is 0.522. The van der Waals surface area contributed by atoms with Gasteiger partial charge < -0.3 is 18.9 Å². The van der Waals surface area contributed by atoms with Gasteiger partial charge in [0.25, 0.3) is 0 Å². The topological polar surface area (TPSA) is 36.9 Å². The van der Waals surface area contributed by atoms with Crippen molar-refractivity contribution in [2.75, 3.05) is 14.2 Å². The molecule has 0 radical (unpaired) electrons. The van der Waals surface area contributed by atoms with E-state index in [1.165, 1.54) is 5.56 Å². The van der Waals surface area contributed by atoms with Crippen molar-refractivity contribution in [3.8, 4) is 17.2 Å². The van der Waals surface area contributed by atoms with Crippen LogP contribution in [-0.4, -0.2) is 20.5 Å². The molecule has 142 valence electrons. The molecule has 2 atom stereocenters. The van der Waals surface area contributed by atoms with Gasteiger partial charge in [-0.15, -0.1) is 0 Å². The second-order valence-corrected chi connectivity index (χ2v) is 6.32. The molecule has 26 heavy (non-hydrogen) atoms. The number of methoxy groups -OCH3 is 2. The van der Waals surface area contributed by atoms with E-state index in [-0.39, 0.29) is 6.29 Å². The Morgan fingerprint density at radius 2 is 1.54 bits per heavy atom. The monoisotopic (exact) mass is 358 g/mol. The summed E-state index contributed by atoms with van der Waals surface area (Å²) in [6.07, 6.45) is 1.58. The number of ether oxygens (including phenoxy) is 4. The molecule has 0 saturated heterocycles. The zero-order valence-electron chi connectivity index (χ0n) is 16.5. The van der Waals surface area contributed by atoms with Gasteiger partial charge in [-0.1, -0.05) is 32.9 Å². The van der Waals surface area contributed by atoms with Gasteiger partial charge in [0.15, 0.2) is 6.29 Å². The summed E-state index contributed by atoms with van der Waals surface area (Å²) < 4.78 is 22.6. The van der Waals surface area contributed by atoms with Crippen LogP contribution in [0.15, 0.2) is 42.5 Å². The molecule has 0 bridgehead atoms. The first-order chi connectivity index (χ1) is 12.6. The Morgan fingerprint density at radius 3 is 2.12 bits per heavy atom. The number of hydrogen-bond donors (Lipinski definition) is 0. The number of rotatable bonds is 10. The Kier molecular flexibility index (Phi) is 7.79. The highest BCUT2D eigenvalue weighted by atomic mass is 16.7. The predicted octanol–water partition coefficient (Wildman–Crippen LogP) is 5.55. The van der Waals surface area contributed by atoms with E-state index >= 15 is 0 Å². The van der Waals surface area contributed by atoms with Crippen LogP contribution in [0.3, 0.4) is 0 Å². The van der Waals surface area contributed by atoms with Gasteiger partial charge in [-0.2, -0.15) is 0 Å². The molecule has 0 saturated carbocycles. The summed E-state index contributed by atoms with van der Waals surface area (Å²) in [5.74, 6) is 2.89. The van der Waals surface area contributed by atoms with Crippen LogP contribution in [0.4, 0.5) is 0 Å². The number of benzene rings is 2. The summed E-state index contributed by atoms with van der Waals surface area (Å²) in [4.78, 5) is 0. The third-order valence-electron chi connectivity index (χ3n) is 4.58. The maximum atomic E-state index is 5.98. The fourth-order valence-electron chi connectivity index (χ4n) is 2.65. The lowest BCUT2D eigenvalue weighted by atomic mass is 9.99. The smallest absolute Gasteiger partial charge is 0.199 e. The molecule has 0 aliphatic rings. The van der Waals surface area contributed by atoms with E-state index in [1.807, 2.05) is 37.3 Å². The van der Waals surface area contributed by atoms with Gasteiger partial charge in [0.2, 0.25) is 0 Å². The van der Waals surface area contributed by atoms with Crippen molar-refractivity contribution in [3.63, 3.8) is 0 Å². The van der Waals surface area contributed by atoms with Crippen molar-refractivity contribution in [2.24, 2.45) is 0 Å². The molecule has 4 nitrogen and oxygen atoms in total. The Morgan fingerprint density at radius 1 is 0.846 bits per heavy atom. The second-order valence-electron chi connectivity index (χ2n) is 6.32. The minimum Gasteiger partial charge on any atom is -0.497 e. The Balaban J connectivity index is 1.97. The van der Waals surface area contributed by atoms with Gasteiger partial charge >= 0.3 is 0 Å². The van der Waals surface area contributed by atoms with Crippen molar-refractivity contribution in [1.29, 1.82) is 0 Å². The largest absolute Gasteiger partial charge is 0.497 e. The van der Waals surface area contributed by atoms with E-state index in [1.54, 1.807) is 14.2 Å². The van der Waals surface area contributed by atoms with Crippen LogP contribution in [-0.2, 0) is 11.3 Å². The Bertz CT molecular complexity index is 666. The molecule has 0 N–H and O–H groups in total. The first kappa shape index (κ1) is 20.1. The first-order valence-corrected chi connectivity index (χ1v) is 9.20. The van der Waals surface area contributed by atoms with Crippen molar-refractivity contribution in [1.82, 2.24) is 0 Å². The minimum absolute atomic E-state index is 0.309. The molecule has 4 heteroatoms. The lowest BCUT2D eigenvalue weighted by Gasteiger charge is -2.20. The zero-order chi connectivity index (χ0) is 18.9. The molecule has 0 amide bonds. The summed E-state index contributed by atoms with van der Waals surface area (Å²) in [5.41, 5.74) is 2.29. The highest BCUT2D eigenvalue weighted by molar-refractivity contribution is 5.40. The van der Waals surface area contributed by atoms with Crippen molar-refractivity contribution in [3.05, 3.63) is 53.6 Å². The molecule has 0 spiro atoms. The van der Waals surface area contributed by atoms with E-state index in [4.69, 9.17) is 18.9 Å². The Hall–Kier alpha value is -2.20. The van der Waals surface area contributed by atoms with Crippen LogP contribution in [0.1, 0.15) is 50.7 Å². The van der Waals surface area contributed by atoms with Crippen molar-refractivity contribution < 1.29 is 18.9 Å². The molecule has 2 unspecified atom stereocenters. The fourth-order valence-corrected chi connectivity index (χ4v) is 2.65.